The summed E-state index contributed by atoms with van der Waals surface area (Å²) in [7, 11) is 0. The Labute approximate surface area is 152 Å². The molecule has 0 saturated carbocycles. The van der Waals surface area contributed by atoms with Gasteiger partial charge in [-0.05, 0) is 33.1 Å². The van der Waals surface area contributed by atoms with Gasteiger partial charge in [0.1, 0.15) is 18.1 Å². The fraction of sp³-hybridized carbons (Fsp3) is 0.750. The molecule has 7 N–H and O–H groups in total. The van der Waals surface area contributed by atoms with E-state index in [1.807, 2.05) is 13.8 Å². The first-order valence-corrected chi connectivity index (χ1v) is 8.44. The molecule has 0 spiro atoms. The predicted molar refractivity (Wildman–Crippen MR) is 93.9 cm³/mol. The van der Waals surface area contributed by atoms with E-state index in [-0.39, 0.29) is 12.3 Å². The number of aliphatic hydroxyl groups excluding tert-OH is 1. The van der Waals surface area contributed by atoms with Crippen LogP contribution in [0.5, 0.6) is 0 Å². The molecule has 5 atom stereocenters. The minimum atomic E-state index is -1.30. The molecule has 0 aromatic carbocycles. The molecule has 0 bridgehead atoms. The molecule has 0 fully saturated rings. The van der Waals surface area contributed by atoms with E-state index in [2.05, 4.69) is 16.0 Å². The number of nitrogens with two attached hydrogens (primary N) is 1. The van der Waals surface area contributed by atoms with Gasteiger partial charge in [-0.25, -0.2) is 4.79 Å². The summed E-state index contributed by atoms with van der Waals surface area (Å²) >= 11 is 0. The van der Waals surface area contributed by atoms with Gasteiger partial charge >= 0.3 is 5.97 Å². The maximum Gasteiger partial charge on any atom is 0.326 e. The molecule has 0 aliphatic heterocycles. The van der Waals surface area contributed by atoms with Crippen LogP contribution in [0.2, 0.25) is 0 Å². The molecule has 10 heteroatoms. The lowest BCUT2D eigenvalue weighted by Crippen LogP contribution is -2.59. The highest BCUT2D eigenvalue weighted by atomic mass is 16.4. The summed E-state index contributed by atoms with van der Waals surface area (Å²) in [5.74, 6) is -3.22. The highest BCUT2D eigenvalue weighted by molar-refractivity contribution is 5.94. The van der Waals surface area contributed by atoms with Gasteiger partial charge in [0.05, 0.1) is 12.1 Å². The topological polar surface area (TPSA) is 171 Å². The first-order valence-electron chi connectivity index (χ1n) is 8.44. The molecule has 3 amide bonds. The molecule has 0 aliphatic carbocycles. The summed E-state index contributed by atoms with van der Waals surface area (Å²) in [5, 5.41) is 25.8. The maximum atomic E-state index is 12.2. The van der Waals surface area contributed by atoms with Crippen molar-refractivity contribution in [1.82, 2.24) is 16.0 Å². The number of carbonyl (C=O) groups excluding carboxylic acids is 3. The first-order chi connectivity index (χ1) is 11.9. The zero-order valence-corrected chi connectivity index (χ0v) is 15.8. The minimum Gasteiger partial charge on any atom is -0.480 e. The van der Waals surface area contributed by atoms with Gasteiger partial charge in [0.15, 0.2) is 0 Å². The Morgan fingerprint density at radius 2 is 1.42 bits per heavy atom. The first kappa shape index (κ1) is 23.8. The van der Waals surface area contributed by atoms with Crippen LogP contribution in [0.3, 0.4) is 0 Å². The molecule has 0 radical (unpaired) electrons. The molecule has 0 aromatic heterocycles. The highest BCUT2D eigenvalue weighted by Gasteiger charge is 2.30. The van der Waals surface area contributed by atoms with Gasteiger partial charge in [-0.3, -0.25) is 14.4 Å². The lowest BCUT2D eigenvalue weighted by atomic mass is 10.0. The van der Waals surface area contributed by atoms with Gasteiger partial charge in [0.25, 0.3) is 0 Å². The molecule has 10 nitrogen and oxygen atoms in total. The second-order valence-electron chi connectivity index (χ2n) is 6.77. The van der Waals surface area contributed by atoms with Crippen molar-refractivity contribution in [3.8, 4) is 0 Å². The standard InChI is InChI=1S/C16H30N4O6/c1-7(2)6-11(16(25)26)19-14(23)9(4)18-15(24)12(10(5)21)20-13(22)8(3)17/h7-12,21H,6,17H2,1-5H3,(H,18,24)(H,19,23)(H,20,22)(H,25,26). The molecule has 5 unspecified atom stereocenters. The third kappa shape index (κ3) is 8.26. The van der Waals surface area contributed by atoms with Gasteiger partial charge in [-0.2, -0.15) is 0 Å². The van der Waals surface area contributed by atoms with Gasteiger partial charge < -0.3 is 31.9 Å². The van der Waals surface area contributed by atoms with Crippen molar-refractivity contribution in [3.05, 3.63) is 0 Å². The quantitative estimate of drug-likeness (QED) is 0.265. The van der Waals surface area contributed by atoms with E-state index in [4.69, 9.17) is 10.8 Å². The molecule has 0 aromatic rings. The number of rotatable bonds is 10. The Kier molecular flexibility index (Phi) is 9.81. The molecule has 0 saturated heterocycles. The molecule has 0 rings (SSSR count). The summed E-state index contributed by atoms with van der Waals surface area (Å²) in [6.07, 6.45) is -0.983. The van der Waals surface area contributed by atoms with Crippen molar-refractivity contribution in [1.29, 1.82) is 0 Å². The van der Waals surface area contributed by atoms with Crippen LogP contribution in [0.25, 0.3) is 0 Å². The Bertz CT molecular complexity index is 521. The SMILES string of the molecule is CC(C)CC(NC(=O)C(C)NC(=O)C(NC(=O)C(C)N)C(C)O)C(=O)O. The summed E-state index contributed by atoms with van der Waals surface area (Å²) in [6, 6.07) is -4.32. The number of nitrogens with one attached hydrogen (secondary N) is 3. The van der Waals surface area contributed by atoms with Crippen molar-refractivity contribution < 1.29 is 29.4 Å². The monoisotopic (exact) mass is 374 g/mol. The van der Waals surface area contributed by atoms with Crippen LogP contribution < -0.4 is 21.7 Å². The third-order valence-corrected chi connectivity index (χ3v) is 3.55. The number of hydrogen-bond donors (Lipinski definition) is 6. The Hall–Kier alpha value is -2.20. The number of aliphatic hydroxyl groups is 1. The molecule has 150 valence electrons. The molecular weight excluding hydrogens is 344 g/mol. The van der Waals surface area contributed by atoms with Crippen molar-refractivity contribution in [2.75, 3.05) is 0 Å². The van der Waals surface area contributed by atoms with E-state index < -0.39 is 54.0 Å². The van der Waals surface area contributed by atoms with E-state index in [0.717, 1.165) is 0 Å². The normalized spacial score (nSPS) is 16.8. The van der Waals surface area contributed by atoms with Crippen LogP contribution in [0.4, 0.5) is 0 Å². The van der Waals surface area contributed by atoms with Crippen LogP contribution in [-0.4, -0.2) is 64.2 Å². The van der Waals surface area contributed by atoms with Crippen molar-refractivity contribution in [2.45, 2.75) is 71.3 Å². The lowest BCUT2D eigenvalue weighted by molar-refractivity contribution is -0.142. The van der Waals surface area contributed by atoms with Gasteiger partial charge in [0.2, 0.25) is 17.7 Å². The summed E-state index contributed by atoms with van der Waals surface area (Å²) in [4.78, 5) is 47.2. The smallest absolute Gasteiger partial charge is 0.326 e. The van der Waals surface area contributed by atoms with Gasteiger partial charge in [-0.1, -0.05) is 13.8 Å². The van der Waals surface area contributed by atoms with Crippen LogP contribution in [0.1, 0.15) is 41.0 Å². The predicted octanol–water partition coefficient (Wildman–Crippen LogP) is -1.68. The average molecular weight is 374 g/mol. The zero-order valence-electron chi connectivity index (χ0n) is 15.8. The Morgan fingerprint density at radius 3 is 1.81 bits per heavy atom. The Balaban J connectivity index is 4.90. The molecule has 0 heterocycles. The van der Waals surface area contributed by atoms with Crippen LogP contribution >= 0.6 is 0 Å². The second kappa shape index (κ2) is 10.7. The van der Waals surface area contributed by atoms with E-state index in [0.29, 0.717) is 0 Å². The number of carboxylic acid groups (broad SMARTS) is 1. The van der Waals surface area contributed by atoms with Crippen LogP contribution in [-0.2, 0) is 19.2 Å². The second-order valence-corrected chi connectivity index (χ2v) is 6.77. The molecule has 26 heavy (non-hydrogen) atoms. The fourth-order valence-corrected chi connectivity index (χ4v) is 2.05. The van der Waals surface area contributed by atoms with Gasteiger partial charge in [0, 0.05) is 0 Å². The van der Waals surface area contributed by atoms with E-state index in [1.165, 1.54) is 20.8 Å². The molecule has 0 aliphatic rings. The van der Waals surface area contributed by atoms with Crippen molar-refractivity contribution in [2.24, 2.45) is 11.7 Å². The fourth-order valence-electron chi connectivity index (χ4n) is 2.05. The zero-order chi connectivity index (χ0) is 20.6. The number of carboxylic acids is 1. The largest absolute Gasteiger partial charge is 0.480 e. The minimum absolute atomic E-state index is 0.0504. The molecular formula is C16H30N4O6. The van der Waals surface area contributed by atoms with Crippen LogP contribution in [0, 0.1) is 5.92 Å². The van der Waals surface area contributed by atoms with E-state index in [1.54, 1.807) is 0 Å². The summed E-state index contributed by atoms with van der Waals surface area (Å²) in [6.45, 7) is 7.74. The summed E-state index contributed by atoms with van der Waals surface area (Å²) < 4.78 is 0. The maximum absolute atomic E-state index is 12.2. The van der Waals surface area contributed by atoms with Crippen molar-refractivity contribution in [3.63, 3.8) is 0 Å². The van der Waals surface area contributed by atoms with E-state index in [9.17, 15) is 24.3 Å². The van der Waals surface area contributed by atoms with E-state index >= 15 is 0 Å². The van der Waals surface area contributed by atoms with Crippen LogP contribution in [0.15, 0.2) is 0 Å². The number of aliphatic carboxylic acids is 1. The number of hydrogen-bond acceptors (Lipinski definition) is 6. The van der Waals surface area contributed by atoms with Crippen molar-refractivity contribution >= 4 is 23.7 Å². The van der Waals surface area contributed by atoms with Gasteiger partial charge in [-0.15, -0.1) is 0 Å². The lowest BCUT2D eigenvalue weighted by Gasteiger charge is -2.24. The Morgan fingerprint density at radius 1 is 0.885 bits per heavy atom. The highest BCUT2D eigenvalue weighted by Crippen LogP contribution is 2.05. The number of amides is 3. The summed E-state index contributed by atoms with van der Waals surface area (Å²) in [5.41, 5.74) is 5.41. The number of carbonyl (C=O) groups is 4. The average Bonchev–Trinajstić information content (AvgIpc) is 2.50. The third-order valence-electron chi connectivity index (χ3n) is 3.55.